The first-order chi connectivity index (χ1) is 7.10. The van der Waals surface area contributed by atoms with Crippen LogP contribution in [0.2, 0.25) is 5.02 Å². The van der Waals surface area contributed by atoms with E-state index in [0.717, 1.165) is 12.1 Å². The van der Waals surface area contributed by atoms with Crippen LogP contribution in [-0.2, 0) is 4.74 Å². The Morgan fingerprint density at radius 1 is 1.60 bits per heavy atom. The molecule has 0 bridgehead atoms. The highest BCUT2D eigenvalue weighted by Gasteiger charge is 2.15. The number of aldehydes is 1. The topological polar surface area (TPSA) is 43.4 Å². The fourth-order valence-corrected chi connectivity index (χ4v) is 1.27. The largest absolute Gasteiger partial charge is 0.462 e. The summed E-state index contributed by atoms with van der Waals surface area (Å²) >= 11 is 5.68. The van der Waals surface area contributed by atoms with Crippen LogP contribution in [0.5, 0.6) is 0 Å². The van der Waals surface area contributed by atoms with Gasteiger partial charge in [-0.05, 0) is 19.1 Å². The van der Waals surface area contributed by atoms with Gasteiger partial charge < -0.3 is 4.74 Å². The number of benzene rings is 1. The molecule has 0 aromatic heterocycles. The lowest BCUT2D eigenvalue weighted by Crippen LogP contribution is -2.06. The minimum Gasteiger partial charge on any atom is -0.462 e. The molecule has 0 saturated heterocycles. The van der Waals surface area contributed by atoms with Crippen molar-refractivity contribution >= 4 is 23.9 Å². The van der Waals surface area contributed by atoms with Crippen LogP contribution in [0, 0.1) is 5.82 Å². The van der Waals surface area contributed by atoms with E-state index in [0.29, 0.717) is 6.29 Å². The molecule has 80 valence electrons. The summed E-state index contributed by atoms with van der Waals surface area (Å²) in [5.74, 6) is -1.50. The van der Waals surface area contributed by atoms with E-state index in [-0.39, 0.29) is 22.8 Å². The van der Waals surface area contributed by atoms with E-state index in [1.807, 2.05) is 0 Å². The number of rotatable bonds is 3. The molecule has 0 spiro atoms. The molecule has 15 heavy (non-hydrogen) atoms. The number of hydrogen-bond donors (Lipinski definition) is 0. The highest BCUT2D eigenvalue weighted by atomic mass is 35.5. The molecule has 0 saturated carbocycles. The zero-order valence-electron chi connectivity index (χ0n) is 7.92. The third kappa shape index (κ3) is 2.53. The van der Waals surface area contributed by atoms with Crippen molar-refractivity contribution in [2.45, 2.75) is 6.92 Å². The summed E-state index contributed by atoms with van der Waals surface area (Å²) in [7, 11) is 0. The Morgan fingerprint density at radius 3 is 2.80 bits per heavy atom. The molecule has 0 aliphatic rings. The first kappa shape index (κ1) is 11.7. The molecule has 1 rings (SSSR count). The minimum atomic E-state index is -0.794. The monoisotopic (exact) mass is 230 g/mol. The first-order valence-corrected chi connectivity index (χ1v) is 4.59. The quantitative estimate of drug-likeness (QED) is 0.592. The van der Waals surface area contributed by atoms with Crippen molar-refractivity contribution < 1.29 is 18.7 Å². The molecule has 0 radical (unpaired) electrons. The van der Waals surface area contributed by atoms with Gasteiger partial charge >= 0.3 is 5.97 Å². The van der Waals surface area contributed by atoms with Crippen molar-refractivity contribution in [2.75, 3.05) is 6.61 Å². The summed E-state index contributed by atoms with van der Waals surface area (Å²) in [4.78, 5) is 21.6. The van der Waals surface area contributed by atoms with Crippen molar-refractivity contribution in [3.8, 4) is 0 Å². The summed E-state index contributed by atoms with van der Waals surface area (Å²) in [6, 6.07) is 1.99. The maximum Gasteiger partial charge on any atom is 0.339 e. The van der Waals surface area contributed by atoms with Gasteiger partial charge in [0.2, 0.25) is 0 Å². The van der Waals surface area contributed by atoms with E-state index in [1.165, 1.54) is 0 Å². The Balaban J connectivity index is 3.15. The van der Waals surface area contributed by atoms with Gasteiger partial charge in [0.05, 0.1) is 22.8 Å². The fraction of sp³-hybridized carbons (Fsp3) is 0.200. The van der Waals surface area contributed by atoms with Crippen LogP contribution in [-0.4, -0.2) is 18.9 Å². The molecule has 1 aromatic carbocycles. The summed E-state index contributed by atoms with van der Waals surface area (Å²) in [6.07, 6.45) is 0.330. The van der Waals surface area contributed by atoms with Gasteiger partial charge in [-0.1, -0.05) is 11.6 Å². The van der Waals surface area contributed by atoms with Crippen LogP contribution in [0.15, 0.2) is 12.1 Å². The Kier molecular flexibility index (Phi) is 3.80. The number of hydrogen-bond acceptors (Lipinski definition) is 3. The molecule has 0 N–H and O–H groups in total. The number of ether oxygens (including phenoxy) is 1. The van der Waals surface area contributed by atoms with E-state index in [9.17, 15) is 14.0 Å². The average molecular weight is 231 g/mol. The van der Waals surface area contributed by atoms with Crippen LogP contribution >= 0.6 is 11.6 Å². The first-order valence-electron chi connectivity index (χ1n) is 4.21. The Hall–Kier alpha value is -1.42. The zero-order chi connectivity index (χ0) is 11.4. The van der Waals surface area contributed by atoms with Crippen molar-refractivity contribution in [2.24, 2.45) is 0 Å². The van der Waals surface area contributed by atoms with E-state index in [2.05, 4.69) is 4.74 Å². The second-order valence-corrected chi connectivity index (χ2v) is 3.10. The molecule has 5 heteroatoms. The SMILES string of the molecule is CCOC(=O)c1cc(F)c(C=O)cc1Cl. The standard InChI is InChI=1S/C10H8ClFO3/c1-2-15-10(14)7-4-9(12)6(5-13)3-8(7)11/h3-5H,2H2,1H3. The highest BCUT2D eigenvalue weighted by molar-refractivity contribution is 6.33. The van der Waals surface area contributed by atoms with Crippen molar-refractivity contribution in [3.05, 3.63) is 34.1 Å². The van der Waals surface area contributed by atoms with E-state index < -0.39 is 11.8 Å². The van der Waals surface area contributed by atoms with Gasteiger partial charge in [-0.3, -0.25) is 4.79 Å². The van der Waals surface area contributed by atoms with Gasteiger partial charge in [0.25, 0.3) is 0 Å². The maximum atomic E-state index is 13.1. The predicted octanol–water partition coefficient (Wildman–Crippen LogP) is 2.47. The van der Waals surface area contributed by atoms with E-state index in [4.69, 9.17) is 11.6 Å². The number of esters is 1. The summed E-state index contributed by atoms with van der Waals surface area (Å²) < 4.78 is 17.8. The minimum absolute atomic E-state index is 0.00282. The lowest BCUT2D eigenvalue weighted by molar-refractivity contribution is 0.0525. The lowest BCUT2D eigenvalue weighted by atomic mass is 10.1. The number of carbonyl (C=O) groups is 2. The predicted molar refractivity (Wildman–Crippen MR) is 52.8 cm³/mol. The lowest BCUT2D eigenvalue weighted by Gasteiger charge is -2.05. The van der Waals surface area contributed by atoms with Crippen LogP contribution in [0.4, 0.5) is 4.39 Å². The second kappa shape index (κ2) is 4.89. The van der Waals surface area contributed by atoms with Crippen LogP contribution in [0.3, 0.4) is 0 Å². The summed E-state index contributed by atoms with van der Waals surface area (Å²) in [5.41, 5.74) is -0.269. The van der Waals surface area contributed by atoms with E-state index in [1.54, 1.807) is 6.92 Å². The van der Waals surface area contributed by atoms with Gasteiger partial charge in [-0.2, -0.15) is 0 Å². The van der Waals surface area contributed by atoms with Gasteiger partial charge in [0.1, 0.15) is 5.82 Å². The van der Waals surface area contributed by atoms with Gasteiger partial charge in [0, 0.05) is 0 Å². The summed E-state index contributed by atoms with van der Waals surface area (Å²) in [6.45, 7) is 1.80. The highest BCUT2D eigenvalue weighted by Crippen LogP contribution is 2.20. The van der Waals surface area contributed by atoms with Gasteiger partial charge in [0.15, 0.2) is 6.29 Å². The third-order valence-corrected chi connectivity index (χ3v) is 2.02. The molecule has 0 aliphatic carbocycles. The Morgan fingerprint density at radius 2 is 2.27 bits per heavy atom. The molecule has 0 fully saturated rings. The molecule has 1 aromatic rings. The fourth-order valence-electron chi connectivity index (χ4n) is 1.02. The molecule has 0 heterocycles. The molecule has 3 nitrogen and oxygen atoms in total. The maximum absolute atomic E-state index is 13.1. The average Bonchev–Trinajstić information content (AvgIpc) is 2.21. The van der Waals surface area contributed by atoms with Crippen LogP contribution in [0.1, 0.15) is 27.6 Å². The van der Waals surface area contributed by atoms with Crippen molar-refractivity contribution in [1.29, 1.82) is 0 Å². The Bertz CT molecular complexity index is 404. The third-order valence-electron chi connectivity index (χ3n) is 1.71. The molecule has 0 unspecified atom stereocenters. The van der Waals surface area contributed by atoms with Crippen LogP contribution < -0.4 is 0 Å². The second-order valence-electron chi connectivity index (χ2n) is 2.69. The smallest absolute Gasteiger partial charge is 0.339 e. The summed E-state index contributed by atoms with van der Waals surface area (Å²) in [5, 5.41) is -0.00282. The Labute approximate surface area is 90.8 Å². The van der Waals surface area contributed by atoms with Crippen molar-refractivity contribution in [1.82, 2.24) is 0 Å². The normalized spacial score (nSPS) is 9.80. The van der Waals surface area contributed by atoms with Crippen molar-refractivity contribution in [3.63, 3.8) is 0 Å². The van der Waals surface area contributed by atoms with Gasteiger partial charge in [-0.25, -0.2) is 9.18 Å². The number of carbonyl (C=O) groups excluding carboxylic acids is 2. The van der Waals surface area contributed by atoms with E-state index >= 15 is 0 Å². The molecular weight excluding hydrogens is 223 g/mol. The molecule has 0 amide bonds. The number of halogens is 2. The van der Waals surface area contributed by atoms with Crippen LogP contribution in [0.25, 0.3) is 0 Å². The molecule has 0 aliphatic heterocycles. The van der Waals surface area contributed by atoms with Gasteiger partial charge in [-0.15, -0.1) is 0 Å². The zero-order valence-corrected chi connectivity index (χ0v) is 8.68. The molecule has 0 atom stereocenters. The molecular formula is C10H8ClFO3.